The number of esters is 1. The van der Waals surface area contributed by atoms with E-state index in [2.05, 4.69) is 26.0 Å². The molecule has 0 radical (unpaired) electrons. The number of furan rings is 1. The van der Waals surface area contributed by atoms with Crippen molar-refractivity contribution in [3.63, 3.8) is 0 Å². The first-order chi connectivity index (χ1) is 19.3. The van der Waals surface area contributed by atoms with E-state index in [1.54, 1.807) is 29.7 Å². The number of ether oxygens (including phenoxy) is 1. The molecule has 0 amide bonds. The molecule has 0 bridgehead atoms. The van der Waals surface area contributed by atoms with Crippen LogP contribution < -0.4 is 14.9 Å². The van der Waals surface area contributed by atoms with Crippen LogP contribution in [-0.4, -0.2) is 17.1 Å². The van der Waals surface area contributed by atoms with E-state index in [1.807, 2.05) is 43.3 Å². The standard InChI is InChI=1S/C32H31ClN2O4S/c1-5-7-25-28(31(37)38-6-2)29(22-10-8-20(9-11-22)19(3)4)35-30(36)27(40-32(35)34-25)18-24-16-17-26(39-24)21-12-14-23(33)15-13-21/h8-19,29H,5-7H2,1-4H3/b27-18-. The van der Waals surface area contributed by atoms with Crippen molar-refractivity contribution in [2.75, 3.05) is 6.61 Å². The van der Waals surface area contributed by atoms with Gasteiger partial charge >= 0.3 is 5.97 Å². The highest BCUT2D eigenvalue weighted by Crippen LogP contribution is 2.33. The van der Waals surface area contributed by atoms with Crippen molar-refractivity contribution in [1.82, 2.24) is 4.57 Å². The summed E-state index contributed by atoms with van der Waals surface area (Å²) >= 11 is 7.31. The topological polar surface area (TPSA) is 73.8 Å². The molecule has 6 nitrogen and oxygen atoms in total. The molecule has 0 aliphatic carbocycles. The van der Waals surface area contributed by atoms with Crippen LogP contribution in [0.4, 0.5) is 0 Å². The Morgan fingerprint density at radius 2 is 1.82 bits per heavy atom. The lowest BCUT2D eigenvalue weighted by Crippen LogP contribution is -2.40. The summed E-state index contributed by atoms with van der Waals surface area (Å²) in [5.74, 6) is 1.14. The first-order valence-corrected chi connectivity index (χ1v) is 14.7. The third-order valence-electron chi connectivity index (χ3n) is 6.84. The average molecular weight is 575 g/mol. The van der Waals surface area contributed by atoms with Gasteiger partial charge in [0.2, 0.25) is 0 Å². The van der Waals surface area contributed by atoms with Gasteiger partial charge in [0.1, 0.15) is 11.5 Å². The van der Waals surface area contributed by atoms with E-state index in [0.717, 1.165) is 17.5 Å². The molecule has 0 spiro atoms. The second-order valence-electron chi connectivity index (χ2n) is 9.94. The fourth-order valence-corrected chi connectivity index (χ4v) is 5.95. The molecule has 0 N–H and O–H groups in total. The molecular formula is C32H31ClN2O4S. The van der Waals surface area contributed by atoms with Gasteiger partial charge in [-0.25, -0.2) is 9.79 Å². The number of halogens is 1. The van der Waals surface area contributed by atoms with Crippen LogP contribution in [0.25, 0.3) is 17.4 Å². The van der Waals surface area contributed by atoms with Gasteiger partial charge in [0.15, 0.2) is 4.80 Å². The lowest BCUT2D eigenvalue weighted by Gasteiger charge is -2.26. The van der Waals surface area contributed by atoms with Gasteiger partial charge in [0.25, 0.3) is 5.56 Å². The van der Waals surface area contributed by atoms with E-state index in [9.17, 15) is 9.59 Å². The minimum absolute atomic E-state index is 0.233. The van der Waals surface area contributed by atoms with Crippen LogP contribution in [0.1, 0.15) is 69.4 Å². The number of carbonyl (C=O) groups excluding carboxylic acids is 1. The van der Waals surface area contributed by atoms with Gasteiger partial charge in [0, 0.05) is 16.7 Å². The Morgan fingerprint density at radius 1 is 1.10 bits per heavy atom. The van der Waals surface area contributed by atoms with Crippen LogP contribution in [0.3, 0.4) is 0 Å². The van der Waals surface area contributed by atoms with Crippen molar-refractivity contribution < 1.29 is 13.9 Å². The molecular weight excluding hydrogens is 544 g/mol. The van der Waals surface area contributed by atoms with Crippen molar-refractivity contribution in [1.29, 1.82) is 0 Å². The van der Waals surface area contributed by atoms with E-state index in [-0.39, 0.29) is 12.2 Å². The number of rotatable bonds is 8. The summed E-state index contributed by atoms with van der Waals surface area (Å²) in [5.41, 5.74) is 3.76. The molecule has 0 saturated carbocycles. The van der Waals surface area contributed by atoms with Crippen molar-refractivity contribution in [3.8, 4) is 11.3 Å². The molecule has 1 atom stereocenters. The molecule has 1 aliphatic heterocycles. The Morgan fingerprint density at radius 3 is 2.48 bits per heavy atom. The molecule has 0 saturated heterocycles. The van der Waals surface area contributed by atoms with Gasteiger partial charge in [-0.3, -0.25) is 9.36 Å². The van der Waals surface area contributed by atoms with E-state index in [4.69, 9.17) is 25.7 Å². The molecule has 2 aromatic heterocycles. The Balaban J connectivity index is 1.66. The minimum atomic E-state index is -0.638. The molecule has 40 heavy (non-hydrogen) atoms. The zero-order valence-corrected chi connectivity index (χ0v) is 24.5. The van der Waals surface area contributed by atoms with Crippen LogP contribution in [-0.2, 0) is 9.53 Å². The Bertz CT molecular complexity index is 1740. The summed E-state index contributed by atoms with van der Waals surface area (Å²) in [4.78, 5) is 32.6. The lowest BCUT2D eigenvalue weighted by atomic mass is 9.92. The largest absolute Gasteiger partial charge is 0.463 e. The first kappa shape index (κ1) is 27.9. The monoisotopic (exact) mass is 574 g/mol. The van der Waals surface area contributed by atoms with Crippen molar-refractivity contribution in [3.05, 3.63) is 114 Å². The van der Waals surface area contributed by atoms with Gasteiger partial charge < -0.3 is 9.15 Å². The highest BCUT2D eigenvalue weighted by atomic mass is 35.5. The highest BCUT2D eigenvalue weighted by molar-refractivity contribution is 7.07. The SMILES string of the molecule is CCCC1=C(C(=O)OCC)C(c2ccc(C(C)C)cc2)n2c(s/c(=C\c3ccc(-c4ccc(Cl)cc4)o3)c2=O)=N1. The summed E-state index contributed by atoms with van der Waals surface area (Å²) in [6.45, 7) is 8.33. The van der Waals surface area contributed by atoms with Crippen molar-refractivity contribution in [2.45, 2.75) is 52.5 Å². The molecule has 206 valence electrons. The molecule has 8 heteroatoms. The predicted octanol–water partition coefficient (Wildman–Crippen LogP) is 6.62. The number of aromatic nitrogens is 1. The second kappa shape index (κ2) is 11.8. The number of allylic oxidation sites excluding steroid dienone is 1. The number of hydrogen-bond donors (Lipinski definition) is 0. The zero-order valence-electron chi connectivity index (χ0n) is 22.9. The number of benzene rings is 2. The van der Waals surface area contributed by atoms with Crippen molar-refractivity contribution >= 4 is 35.0 Å². The smallest absolute Gasteiger partial charge is 0.338 e. The first-order valence-electron chi connectivity index (χ1n) is 13.5. The summed E-state index contributed by atoms with van der Waals surface area (Å²) in [5, 5.41) is 0.648. The third-order valence-corrected chi connectivity index (χ3v) is 8.07. The maximum atomic E-state index is 13.9. The van der Waals surface area contributed by atoms with Crippen LogP contribution in [0.15, 0.2) is 86.1 Å². The van der Waals surface area contributed by atoms with Crippen molar-refractivity contribution in [2.24, 2.45) is 4.99 Å². The van der Waals surface area contributed by atoms with Gasteiger partial charge in [-0.05, 0) is 66.8 Å². The highest BCUT2D eigenvalue weighted by Gasteiger charge is 2.34. The zero-order chi connectivity index (χ0) is 28.4. The van der Waals surface area contributed by atoms with Gasteiger partial charge in [-0.2, -0.15) is 0 Å². The minimum Gasteiger partial charge on any atom is -0.463 e. The number of nitrogens with zero attached hydrogens (tertiary/aromatic N) is 2. The third kappa shape index (κ3) is 5.49. The van der Waals surface area contributed by atoms with Gasteiger partial charge in [-0.15, -0.1) is 0 Å². The fourth-order valence-electron chi connectivity index (χ4n) is 4.83. The van der Waals surface area contributed by atoms with Crippen LogP contribution in [0.5, 0.6) is 0 Å². The van der Waals surface area contributed by atoms with Gasteiger partial charge in [-0.1, -0.05) is 74.4 Å². The average Bonchev–Trinajstić information content (AvgIpc) is 3.53. The van der Waals surface area contributed by atoms with E-state index in [1.165, 1.54) is 16.9 Å². The molecule has 1 unspecified atom stereocenters. The Hall–Kier alpha value is -3.68. The summed E-state index contributed by atoms with van der Waals surface area (Å²) in [7, 11) is 0. The maximum Gasteiger partial charge on any atom is 0.338 e. The van der Waals surface area contributed by atoms with Crippen LogP contribution in [0.2, 0.25) is 5.02 Å². The van der Waals surface area contributed by atoms with Crippen LogP contribution in [0, 0.1) is 0 Å². The summed E-state index contributed by atoms with van der Waals surface area (Å²) in [6, 6.07) is 18.5. The maximum absolute atomic E-state index is 13.9. The van der Waals surface area contributed by atoms with Crippen LogP contribution >= 0.6 is 22.9 Å². The Kier molecular flexibility index (Phi) is 8.24. The fraction of sp³-hybridized carbons (Fsp3) is 0.281. The Labute approximate surface area is 241 Å². The normalized spacial score (nSPS) is 15.3. The second-order valence-corrected chi connectivity index (χ2v) is 11.4. The molecule has 2 aromatic carbocycles. The molecule has 5 rings (SSSR count). The number of carbonyl (C=O) groups is 1. The summed E-state index contributed by atoms with van der Waals surface area (Å²) in [6.07, 6.45) is 3.13. The molecule has 4 aromatic rings. The molecule has 3 heterocycles. The van der Waals surface area contributed by atoms with Gasteiger partial charge in [0.05, 0.1) is 28.5 Å². The number of fused-ring (bicyclic) bond motifs is 1. The number of hydrogen-bond acceptors (Lipinski definition) is 6. The lowest BCUT2D eigenvalue weighted by molar-refractivity contribution is -0.139. The van der Waals surface area contributed by atoms with E-state index < -0.39 is 12.0 Å². The predicted molar refractivity (Wildman–Crippen MR) is 159 cm³/mol. The quantitative estimate of drug-likeness (QED) is 0.222. The van der Waals surface area contributed by atoms with E-state index >= 15 is 0 Å². The molecule has 0 fully saturated rings. The van der Waals surface area contributed by atoms with E-state index in [0.29, 0.717) is 49.5 Å². The molecule has 1 aliphatic rings. The summed E-state index contributed by atoms with van der Waals surface area (Å²) < 4.78 is 13.6. The number of thiazole rings is 1.